The minimum Gasteiger partial charge on any atom is -0.480 e. The van der Waals surface area contributed by atoms with E-state index in [4.69, 9.17) is 5.11 Å². The Morgan fingerprint density at radius 1 is 1.30 bits per heavy atom. The number of hydrogen-bond donors (Lipinski definition) is 3. The average Bonchev–Trinajstić information content (AvgIpc) is 2.32. The number of rotatable bonds is 10. The lowest BCUT2D eigenvalue weighted by atomic mass is 10.2. The van der Waals surface area contributed by atoms with Crippen molar-refractivity contribution < 1.29 is 27.9 Å². The maximum Gasteiger partial charge on any atom is 0.321 e. The Balaban J connectivity index is 4.47. The van der Waals surface area contributed by atoms with Crippen molar-refractivity contribution in [2.75, 3.05) is 13.2 Å². The van der Waals surface area contributed by atoms with Crippen LogP contribution in [0.5, 0.6) is 0 Å². The molecule has 0 fully saturated rings. The van der Waals surface area contributed by atoms with Gasteiger partial charge in [-0.1, -0.05) is 13.8 Å². The van der Waals surface area contributed by atoms with Gasteiger partial charge in [0.1, 0.15) is 6.04 Å². The van der Waals surface area contributed by atoms with Crippen LogP contribution in [0.25, 0.3) is 0 Å². The fourth-order valence-corrected chi connectivity index (χ4v) is 2.46. The number of hydrogen-bond acceptors (Lipinski definition) is 5. The topological polar surface area (TPSA) is 122 Å². The van der Waals surface area contributed by atoms with Crippen molar-refractivity contribution in [1.82, 2.24) is 9.44 Å². The smallest absolute Gasteiger partial charge is 0.321 e. The number of carboxylic acids is 1. The van der Waals surface area contributed by atoms with Crippen LogP contribution >= 0.6 is 0 Å². The Morgan fingerprint density at radius 3 is 2.35 bits per heavy atom. The van der Waals surface area contributed by atoms with E-state index >= 15 is 0 Å². The van der Waals surface area contributed by atoms with Crippen LogP contribution in [-0.4, -0.2) is 44.7 Å². The van der Waals surface area contributed by atoms with Crippen molar-refractivity contribution in [1.29, 1.82) is 0 Å². The van der Waals surface area contributed by atoms with Gasteiger partial charge in [0.25, 0.3) is 10.2 Å². The van der Waals surface area contributed by atoms with E-state index in [1.807, 2.05) is 18.6 Å². The van der Waals surface area contributed by atoms with Gasteiger partial charge in [0.15, 0.2) is 0 Å². The standard InChI is InChI=1S/C11H22N2O6S/c1-4-19-10(14)6-5-9(11(15)16)13-20(17,18)12-7-8(2)3/h8-9,12-13H,4-7H2,1-3H3,(H,15,16)/t9-/m0/s1. The summed E-state index contributed by atoms with van der Waals surface area (Å²) >= 11 is 0. The largest absolute Gasteiger partial charge is 0.480 e. The molecule has 0 aromatic rings. The Kier molecular flexibility index (Phi) is 8.35. The summed E-state index contributed by atoms with van der Waals surface area (Å²) in [5.41, 5.74) is 0. The molecule has 118 valence electrons. The fourth-order valence-electron chi connectivity index (χ4n) is 1.23. The number of nitrogens with one attached hydrogen (secondary N) is 2. The summed E-state index contributed by atoms with van der Waals surface area (Å²) in [7, 11) is -3.91. The quantitative estimate of drug-likeness (QED) is 0.483. The molecule has 20 heavy (non-hydrogen) atoms. The van der Waals surface area contributed by atoms with E-state index in [1.54, 1.807) is 6.92 Å². The molecule has 0 aromatic heterocycles. The minimum absolute atomic E-state index is 0.0920. The molecule has 0 aliphatic heterocycles. The van der Waals surface area contributed by atoms with E-state index < -0.39 is 28.2 Å². The first kappa shape index (κ1) is 18.8. The van der Waals surface area contributed by atoms with Crippen LogP contribution in [0.1, 0.15) is 33.6 Å². The number of ether oxygens (including phenoxy) is 1. The second-order valence-corrected chi connectivity index (χ2v) is 6.13. The van der Waals surface area contributed by atoms with Crippen molar-refractivity contribution in [2.45, 2.75) is 39.7 Å². The molecule has 0 saturated carbocycles. The summed E-state index contributed by atoms with van der Waals surface area (Å²) in [6.07, 6.45) is -0.339. The SMILES string of the molecule is CCOC(=O)CC[C@H](NS(=O)(=O)NCC(C)C)C(=O)O. The summed E-state index contributed by atoms with van der Waals surface area (Å²) < 4.78 is 32.1. The molecular weight excluding hydrogens is 288 g/mol. The molecule has 0 radical (unpaired) electrons. The van der Waals surface area contributed by atoms with E-state index in [0.29, 0.717) is 0 Å². The second kappa shape index (κ2) is 8.88. The molecule has 0 bridgehead atoms. The van der Waals surface area contributed by atoms with E-state index in [9.17, 15) is 18.0 Å². The molecule has 0 amide bonds. The molecule has 3 N–H and O–H groups in total. The zero-order chi connectivity index (χ0) is 15.8. The van der Waals surface area contributed by atoms with Crippen LogP contribution < -0.4 is 9.44 Å². The van der Waals surface area contributed by atoms with Crippen LogP contribution in [0, 0.1) is 5.92 Å². The second-order valence-electron chi connectivity index (χ2n) is 4.60. The molecule has 0 spiro atoms. The Labute approximate surface area is 119 Å². The van der Waals surface area contributed by atoms with E-state index in [-0.39, 0.29) is 31.9 Å². The molecule has 0 unspecified atom stereocenters. The van der Waals surface area contributed by atoms with E-state index in [2.05, 4.69) is 9.46 Å². The third-order valence-electron chi connectivity index (χ3n) is 2.22. The highest BCUT2D eigenvalue weighted by Crippen LogP contribution is 2.02. The molecule has 0 rings (SSSR count). The van der Waals surface area contributed by atoms with Crippen molar-refractivity contribution in [3.05, 3.63) is 0 Å². The normalized spacial score (nSPS) is 13.2. The molecule has 1 atom stereocenters. The minimum atomic E-state index is -3.91. The summed E-state index contributed by atoms with van der Waals surface area (Å²) in [6.45, 7) is 5.65. The van der Waals surface area contributed by atoms with Gasteiger partial charge in [-0.2, -0.15) is 13.1 Å². The van der Waals surface area contributed by atoms with Gasteiger partial charge in [0.2, 0.25) is 0 Å². The highest BCUT2D eigenvalue weighted by atomic mass is 32.2. The zero-order valence-corrected chi connectivity index (χ0v) is 12.7. The number of esters is 1. The van der Waals surface area contributed by atoms with Gasteiger partial charge in [-0.25, -0.2) is 4.72 Å². The lowest BCUT2D eigenvalue weighted by Crippen LogP contribution is -2.47. The molecule has 0 aromatic carbocycles. The molecule has 0 aliphatic carbocycles. The van der Waals surface area contributed by atoms with Crippen LogP contribution in [0.15, 0.2) is 0 Å². The van der Waals surface area contributed by atoms with E-state index in [1.165, 1.54) is 0 Å². The van der Waals surface area contributed by atoms with Crippen molar-refractivity contribution in [2.24, 2.45) is 5.92 Å². The lowest BCUT2D eigenvalue weighted by molar-refractivity contribution is -0.144. The monoisotopic (exact) mass is 310 g/mol. The summed E-state index contributed by atoms with van der Waals surface area (Å²) in [6, 6.07) is -1.37. The number of carbonyl (C=O) groups excluding carboxylic acids is 1. The molecule has 0 aliphatic rings. The van der Waals surface area contributed by atoms with Crippen LogP contribution in [0.3, 0.4) is 0 Å². The molecular formula is C11H22N2O6S. The summed E-state index contributed by atoms with van der Waals surface area (Å²) in [4.78, 5) is 22.1. The van der Waals surface area contributed by atoms with Crippen molar-refractivity contribution in [3.63, 3.8) is 0 Å². The van der Waals surface area contributed by atoms with Crippen molar-refractivity contribution in [3.8, 4) is 0 Å². The van der Waals surface area contributed by atoms with Crippen LogP contribution in [0.4, 0.5) is 0 Å². The zero-order valence-electron chi connectivity index (χ0n) is 11.9. The van der Waals surface area contributed by atoms with Gasteiger partial charge in [0.05, 0.1) is 6.61 Å². The number of carbonyl (C=O) groups is 2. The van der Waals surface area contributed by atoms with Crippen molar-refractivity contribution >= 4 is 22.1 Å². The van der Waals surface area contributed by atoms with Gasteiger partial charge >= 0.3 is 11.9 Å². The van der Waals surface area contributed by atoms with Gasteiger partial charge in [-0.15, -0.1) is 0 Å². The number of aliphatic carboxylic acids is 1. The molecule has 8 nitrogen and oxygen atoms in total. The van der Waals surface area contributed by atoms with E-state index in [0.717, 1.165) is 0 Å². The summed E-state index contributed by atoms with van der Waals surface area (Å²) in [5.74, 6) is -1.81. The molecule has 0 heterocycles. The maximum atomic E-state index is 11.6. The van der Waals surface area contributed by atoms with Crippen LogP contribution in [-0.2, 0) is 24.5 Å². The highest BCUT2D eigenvalue weighted by Gasteiger charge is 2.24. The third kappa shape index (κ3) is 8.83. The van der Waals surface area contributed by atoms with Gasteiger partial charge < -0.3 is 9.84 Å². The van der Waals surface area contributed by atoms with Gasteiger partial charge in [-0.3, -0.25) is 9.59 Å². The predicted molar refractivity (Wildman–Crippen MR) is 72.2 cm³/mol. The molecule has 0 saturated heterocycles. The first-order chi connectivity index (χ1) is 9.18. The van der Waals surface area contributed by atoms with Gasteiger partial charge in [-0.05, 0) is 19.3 Å². The predicted octanol–water partition coefficient (Wildman–Crippen LogP) is -0.137. The lowest BCUT2D eigenvalue weighted by Gasteiger charge is -2.15. The van der Waals surface area contributed by atoms with Gasteiger partial charge in [0, 0.05) is 13.0 Å². The first-order valence-electron chi connectivity index (χ1n) is 6.33. The maximum absolute atomic E-state index is 11.6. The first-order valence-corrected chi connectivity index (χ1v) is 7.81. The Morgan fingerprint density at radius 2 is 1.90 bits per heavy atom. The third-order valence-corrected chi connectivity index (χ3v) is 3.36. The molecule has 9 heteroatoms. The highest BCUT2D eigenvalue weighted by molar-refractivity contribution is 7.87. The average molecular weight is 310 g/mol. The number of carboxylic acid groups (broad SMARTS) is 1. The van der Waals surface area contributed by atoms with Crippen LogP contribution in [0.2, 0.25) is 0 Å². The Hall–Kier alpha value is -1.19. The Bertz CT molecular complexity index is 421. The summed E-state index contributed by atoms with van der Waals surface area (Å²) in [5, 5.41) is 8.95. The fraction of sp³-hybridized carbons (Fsp3) is 0.818.